The van der Waals surface area contributed by atoms with Gasteiger partial charge >= 0.3 is 0 Å². The molecule has 1 N–H and O–H groups in total. The summed E-state index contributed by atoms with van der Waals surface area (Å²) in [5.41, 5.74) is -0.518. The fraction of sp³-hybridized carbons (Fsp3) is 0.176. The Bertz CT molecular complexity index is 809. The van der Waals surface area contributed by atoms with E-state index in [0.29, 0.717) is 12.1 Å². The third-order valence-corrected chi connectivity index (χ3v) is 4.72. The molecule has 2 aromatic rings. The summed E-state index contributed by atoms with van der Waals surface area (Å²) < 4.78 is 15.5. The number of amides is 1. The molecule has 1 aromatic carbocycles. The van der Waals surface area contributed by atoms with Crippen molar-refractivity contribution in [3.8, 4) is 0 Å². The van der Waals surface area contributed by atoms with Crippen LogP contribution in [-0.4, -0.2) is 10.9 Å². The fourth-order valence-corrected chi connectivity index (χ4v) is 2.99. The number of anilines is 1. The Kier molecular flexibility index (Phi) is 4.13. The number of carbonyl (C=O) groups excluding carboxylic acids is 1. The van der Waals surface area contributed by atoms with Crippen LogP contribution in [0.3, 0.4) is 0 Å². The number of rotatable bonds is 2. The van der Waals surface area contributed by atoms with Gasteiger partial charge in [-0.3, -0.25) is 9.78 Å². The molecule has 1 aliphatic carbocycles. The largest absolute Gasteiger partial charge is 0.322 e. The number of benzene rings is 1. The highest BCUT2D eigenvalue weighted by Gasteiger charge is 2.45. The van der Waals surface area contributed by atoms with E-state index in [1.165, 1.54) is 0 Å². The van der Waals surface area contributed by atoms with Crippen LogP contribution in [-0.2, 0) is 10.5 Å². The van der Waals surface area contributed by atoms with Crippen molar-refractivity contribution in [1.29, 1.82) is 0 Å². The Hall–Kier alpha value is -1.91. The van der Waals surface area contributed by atoms with E-state index in [4.69, 9.17) is 23.2 Å². The lowest BCUT2D eigenvalue weighted by atomic mass is 9.80. The zero-order chi connectivity index (χ0) is 16.6. The van der Waals surface area contributed by atoms with Crippen LogP contribution in [0.2, 0.25) is 10.0 Å². The monoisotopic (exact) mass is 350 g/mol. The number of halogens is 3. The molecule has 0 spiro atoms. The van der Waals surface area contributed by atoms with E-state index < -0.39 is 11.6 Å². The van der Waals surface area contributed by atoms with Gasteiger partial charge in [0.1, 0.15) is 0 Å². The highest BCUT2D eigenvalue weighted by Crippen LogP contribution is 2.43. The molecule has 6 heteroatoms. The van der Waals surface area contributed by atoms with Crippen LogP contribution in [0.15, 0.2) is 43.1 Å². The topological polar surface area (TPSA) is 42.0 Å². The minimum atomic E-state index is -2.18. The normalized spacial score (nSPS) is 20.0. The Morgan fingerprint density at radius 1 is 1.30 bits per heavy atom. The maximum atomic E-state index is 15.5. The van der Waals surface area contributed by atoms with Crippen LogP contribution in [0.1, 0.15) is 24.1 Å². The lowest BCUT2D eigenvalue weighted by Gasteiger charge is -2.31. The van der Waals surface area contributed by atoms with Gasteiger partial charge < -0.3 is 5.32 Å². The molecular formula is C17H13Cl2FN2O. The summed E-state index contributed by atoms with van der Waals surface area (Å²) >= 11 is 12.0. The number of nitrogens with one attached hydrogen (secondary N) is 1. The lowest BCUT2D eigenvalue weighted by molar-refractivity contribution is -0.128. The number of carbonyl (C=O) groups is 1. The van der Waals surface area contributed by atoms with Gasteiger partial charge in [0.25, 0.3) is 5.91 Å². The minimum absolute atomic E-state index is 0.00848. The summed E-state index contributed by atoms with van der Waals surface area (Å²) in [5.74, 6) is -0.789. The molecule has 3 rings (SSSR count). The lowest BCUT2D eigenvalue weighted by Crippen LogP contribution is -2.39. The van der Waals surface area contributed by atoms with Crippen molar-refractivity contribution in [2.24, 2.45) is 0 Å². The second kappa shape index (κ2) is 5.95. The van der Waals surface area contributed by atoms with Crippen molar-refractivity contribution in [3.63, 3.8) is 0 Å². The first kappa shape index (κ1) is 16.0. The molecule has 23 heavy (non-hydrogen) atoms. The second-order valence-corrected chi connectivity index (χ2v) is 6.14. The van der Waals surface area contributed by atoms with E-state index in [2.05, 4.69) is 16.9 Å². The fourth-order valence-electron chi connectivity index (χ4n) is 2.64. The minimum Gasteiger partial charge on any atom is -0.322 e. The van der Waals surface area contributed by atoms with E-state index in [0.717, 1.165) is 5.57 Å². The molecule has 1 aromatic heterocycles. The van der Waals surface area contributed by atoms with Gasteiger partial charge in [-0.1, -0.05) is 41.9 Å². The van der Waals surface area contributed by atoms with Crippen LogP contribution < -0.4 is 5.32 Å². The van der Waals surface area contributed by atoms with Crippen LogP contribution in [0.25, 0.3) is 5.57 Å². The van der Waals surface area contributed by atoms with Crippen molar-refractivity contribution < 1.29 is 9.18 Å². The molecule has 0 aliphatic heterocycles. The van der Waals surface area contributed by atoms with Gasteiger partial charge in [-0.2, -0.15) is 0 Å². The van der Waals surface area contributed by atoms with E-state index in [1.54, 1.807) is 36.5 Å². The summed E-state index contributed by atoms with van der Waals surface area (Å²) in [6.07, 6.45) is 1.92. The molecular weight excluding hydrogens is 338 g/mol. The first-order valence-electron chi connectivity index (χ1n) is 7.01. The van der Waals surface area contributed by atoms with E-state index >= 15 is 4.39 Å². The molecule has 1 aliphatic rings. The average molecular weight is 351 g/mol. The van der Waals surface area contributed by atoms with Crippen molar-refractivity contribution in [1.82, 2.24) is 4.98 Å². The predicted octanol–water partition coefficient (Wildman–Crippen LogP) is 5.00. The number of hydrogen-bond acceptors (Lipinski definition) is 2. The summed E-state index contributed by atoms with van der Waals surface area (Å²) in [7, 11) is 0. The number of pyridine rings is 1. The van der Waals surface area contributed by atoms with Crippen LogP contribution in [0, 0.1) is 0 Å². The molecule has 0 fully saturated rings. The molecule has 1 atom stereocenters. The van der Waals surface area contributed by atoms with Crippen LogP contribution >= 0.6 is 23.2 Å². The first-order chi connectivity index (χ1) is 10.9. The highest BCUT2D eigenvalue weighted by atomic mass is 35.5. The van der Waals surface area contributed by atoms with Gasteiger partial charge in [0.2, 0.25) is 5.67 Å². The maximum Gasteiger partial charge on any atom is 0.266 e. The van der Waals surface area contributed by atoms with Gasteiger partial charge in [0.05, 0.1) is 21.4 Å². The zero-order valence-electron chi connectivity index (χ0n) is 12.1. The first-order valence-corrected chi connectivity index (χ1v) is 7.77. The molecule has 0 unspecified atom stereocenters. The molecule has 1 amide bonds. The number of alkyl halides is 1. The van der Waals surface area contributed by atoms with Crippen LogP contribution in [0.4, 0.5) is 10.1 Å². The van der Waals surface area contributed by atoms with Gasteiger partial charge in [0.15, 0.2) is 0 Å². The summed E-state index contributed by atoms with van der Waals surface area (Å²) in [5, 5.41) is 3.00. The number of fused-ring (bicyclic) bond motifs is 1. The molecule has 0 bridgehead atoms. The number of hydrogen-bond donors (Lipinski definition) is 1. The Morgan fingerprint density at radius 2 is 2.09 bits per heavy atom. The van der Waals surface area contributed by atoms with Gasteiger partial charge in [-0.25, -0.2) is 4.39 Å². The Labute approximate surface area is 143 Å². The van der Waals surface area contributed by atoms with E-state index in [1.807, 2.05) is 0 Å². The predicted molar refractivity (Wildman–Crippen MR) is 90.4 cm³/mol. The van der Waals surface area contributed by atoms with Crippen molar-refractivity contribution in [2.45, 2.75) is 18.5 Å². The summed E-state index contributed by atoms with van der Waals surface area (Å²) in [4.78, 5) is 16.7. The highest BCUT2D eigenvalue weighted by molar-refractivity contribution is 6.44. The Morgan fingerprint density at radius 3 is 2.87 bits per heavy atom. The SMILES string of the molecule is C=C1CC[C@@](F)(C(=O)Nc2cccc(Cl)c2Cl)c2cccnc21. The zero-order valence-corrected chi connectivity index (χ0v) is 13.6. The summed E-state index contributed by atoms with van der Waals surface area (Å²) in [6.45, 7) is 3.89. The van der Waals surface area contributed by atoms with Gasteiger partial charge in [0, 0.05) is 11.8 Å². The maximum absolute atomic E-state index is 15.5. The number of allylic oxidation sites excluding steroid dienone is 1. The molecule has 0 radical (unpaired) electrons. The van der Waals surface area contributed by atoms with Crippen molar-refractivity contribution in [3.05, 3.63) is 64.4 Å². The van der Waals surface area contributed by atoms with E-state index in [9.17, 15) is 4.79 Å². The molecule has 0 saturated carbocycles. The van der Waals surface area contributed by atoms with Gasteiger partial charge in [-0.05, 0) is 36.6 Å². The van der Waals surface area contributed by atoms with Crippen molar-refractivity contribution >= 4 is 40.4 Å². The molecule has 118 valence electrons. The second-order valence-electron chi connectivity index (χ2n) is 5.36. The molecule has 1 heterocycles. The standard InChI is InChI=1S/C17H13Cl2FN2O/c1-10-7-8-17(20,11-4-3-9-21-15(10)11)16(23)22-13-6-2-5-12(18)14(13)19/h2-6,9H,1,7-8H2,(H,22,23)/t17-/m0/s1. The Balaban J connectivity index is 1.98. The molecule has 0 saturated heterocycles. The van der Waals surface area contributed by atoms with Crippen molar-refractivity contribution in [2.75, 3.05) is 5.32 Å². The van der Waals surface area contributed by atoms with E-state index in [-0.39, 0.29) is 27.7 Å². The van der Waals surface area contributed by atoms with Gasteiger partial charge in [-0.15, -0.1) is 0 Å². The average Bonchev–Trinajstić information content (AvgIpc) is 2.55. The quantitative estimate of drug-likeness (QED) is 0.827. The molecule has 3 nitrogen and oxygen atoms in total. The third kappa shape index (κ3) is 2.73. The van der Waals surface area contributed by atoms with Crippen LogP contribution in [0.5, 0.6) is 0 Å². The third-order valence-electron chi connectivity index (χ3n) is 3.90. The number of nitrogens with zero attached hydrogens (tertiary/aromatic N) is 1. The summed E-state index contributed by atoms with van der Waals surface area (Å²) in [6, 6.07) is 7.96. The number of aromatic nitrogens is 1. The smallest absolute Gasteiger partial charge is 0.266 e.